The Kier molecular flexibility index (Phi) is 5.01. The number of nitrogens with zero attached hydrogens (tertiary/aromatic N) is 6. The van der Waals surface area contributed by atoms with Gasteiger partial charge in [0.15, 0.2) is 0 Å². The summed E-state index contributed by atoms with van der Waals surface area (Å²) in [6.45, 7) is 1.93. The molecule has 3 aromatic heterocycles. The van der Waals surface area contributed by atoms with Crippen molar-refractivity contribution in [2.45, 2.75) is 50.7 Å². The third-order valence-corrected chi connectivity index (χ3v) is 8.13. The molecule has 1 N–H and O–H groups in total. The highest BCUT2D eigenvalue weighted by molar-refractivity contribution is 6.36. The molecule has 3 atom stereocenters. The molecule has 2 aliphatic heterocycles. The van der Waals surface area contributed by atoms with Crippen molar-refractivity contribution < 1.29 is 4.74 Å². The molecule has 0 amide bonds. The fourth-order valence-electron chi connectivity index (χ4n) is 5.82. The van der Waals surface area contributed by atoms with Gasteiger partial charge in [0.1, 0.15) is 27.9 Å². The van der Waals surface area contributed by atoms with Crippen molar-refractivity contribution in [1.82, 2.24) is 34.6 Å². The number of aromatic nitrogens is 6. The summed E-state index contributed by atoms with van der Waals surface area (Å²) < 4.78 is 8.25. The lowest BCUT2D eigenvalue weighted by atomic mass is 9.98. The molecule has 5 heterocycles. The Labute approximate surface area is 213 Å². The average Bonchev–Trinajstić information content (AvgIpc) is 3.55. The topological polar surface area (TPSA) is 84.8 Å². The minimum atomic E-state index is 0.431. The van der Waals surface area contributed by atoms with Gasteiger partial charge < -0.3 is 14.6 Å². The quantitative estimate of drug-likeness (QED) is 0.330. The minimum Gasteiger partial charge on any atom is -0.456 e. The molecule has 9 heteroatoms. The lowest BCUT2D eigenvalue weighted by Gasteiger charge is -2.36. The lowest BCUT2D eigenvalue weighted by molar-refractivity contribution is 0.131. The largest absolute Gasteiger partial charge is 0.456 e. The van der Waals surface area contributed by atoms with Gasteiger partial charge in [0.05, 0.1) is 40.7 Å². The predicted molar refractivity (Wildman–Crippen MR) is 140 cm³/mol. The van der Waals surface area contributed by atoms with E-state index in [1.54, 1.807) is 6.20 Å². The van der Waals surface area contributed by atoms with E-state index in [2.05, 4.69) is 37.8 Å². The molecule has 182 valence electrons. The van der Waals surface area contributed by atoms with E-state index in [9.17, 15) is 0 Å². The number of ether oxygens (including phenoxy) is 1. The van der Waals surface area contributed by atoms with Crippen LogP contribution in [0.3, 0.4) is 0 Å². The first-order valence-electron chi connectivity index (χ1n) is 12.4. The van der Waals surface area contributed by atoms with Gasteiger partial charge in [-0.15, -0.1) is 0 Å². The van der Waals surface area contributed by atoms with Gasteiger partial charge in [0.25, 0.3) is 0 Å². The number of imidazole rings is 1. The van der Waals surface area contributed by atoms with Crippen LogP contribution in [0.15, 0.2) is 48.9 Å². The molecule has 2 fully saturated rings. The van der Waals surface area contributed by atoms with Crippen molar-refractivity contribution >= 4 is 33.7 Å². The van der Waals surface area contributed by atoms with E-state index in [0.717, 1.165) is 46.5 Å². The van der Waals surface area contributed by atoms with Gasteiger partial charge in [-0.2, -0.15) is 5.10 Å². The summed E-state index contributed by atoms with van der Waals surface area (Å²) in [5.41, 5.74) is 4.83. The number of fused-ring (bicyclic) bond motifs is 4. The third kappa shape index (κ3) is 3.63. The zero-order valence-electron chi connectivity index (χ0n) is 20.1. The number of benzene rings is 2. The molecule has 2 aliphatic rings. The summed E-state index contributed by atoms with van der Waals surface area (Å²) in [6.07, 6.45) is 10.6. The number of aryl methyl sites for hydroxylation is 1. The summed E-state index contributed by atoms with van der Waals surface area (Å²) in [5.74, 6) is 2.06. The molecule has 2 bridgehead atoms. The Bertz CT molecular complexity index is 1590. The van der Waals surface area contributed by atoms with E-state index >= 15 is 0 Å². The van der Waals surface area contributed by atoms with Crippen LogP contribution in [0.4, 0.5) is 0 Å². The standard InChI is InChI=1S/C27H26ClN7O/c1-15-31-21-6-5-20(11-23(21)32-15)36-25-8-7-22-27(26(25)28)33-24(13-29-22)16-12-30-35(14-16)19-9-17-3-4-18(10-19)34(17)2/h5-8,11-14,17-19H,3-4,9-10H2,1-2H3,(H,31,32)/t17-,18+,19-. The van der Waals surface area contributed by atoms with Gasteiger partial charge in [-0.05, 0) is 63.9 Å². The zero-order valence-corrected chi connectivity index (χ0v) is 20.9. The first-order valence-corrected chi connectivity index (χ1v) is 12.8. The minimum absolute atomic E-state index is 0.431. The van der Waals surface area contributed by atoms with Crippen molar-refractivity contribution in [2.24, 2.45) is 0 Å². The van der Waals surface area contributed by atoms with E-state index < -0.39 is 0 Å². The van der Waals surface area contributed by atoms with Gasteiger partial charge in [-0.3, -0.25) is 9.67 Å². The molecule has 5 aromatic rings. The van der Waals surface area contributed by atoms with Gasteiger partial charge in [-0.1, -0.05) is 11.6 Å². The zero-order chi connectivity index (χ0) is 24.4. The summed E-state index contributed by atoms with van der Waals surface area (Å²) in [4.78, 5) is 19.7. The highest BCUT2D eigenvalue weighted by atomic mass is 35.5. The van der Waals surface area contributed by atoms with Crippen molar-refractivity contribution in [3.05, 3.63) is 59.8 Å². The Balaban J connectivity index is 1.18. The Morgan fingerprint density at radius 2 is 1.81 bits per heavy atom. The van der Waals surface area contributed by atoms with Crippen LogP contribution in [0, 0.1) is 6.92 Å². The third-order valence-electron chi connectivity index (χ3n) is 7.76. The van der Waals surface area contributed by atoms with E-state index in [1.807, 2.05) is 43.5 Å². The number of aromatic amines is 1. The van der Waals surface area contributed by atoms with E-state index in [1.165, 1.54) is 12.8 Å². The second kappa shape index (κ2) is 8.28. The highest BCUT2D eigenvalue weighted by Crippen LogP contribution is 2.40. The van der Waals surface area contributed by atoms with E-state index in [4.69, 9.17) is 26.4 Å². The first-order chi connectivity index (χ1) is 17.5. The Morgan fingerprint density at radius 1 is 1.00 bits per heavy atom. The highest BCUT2D eigenvalue weighted by Gasteiger charge is 2.39. The summed E-state index contributed by atoms with van der Waals surface area (Å²) in [6, 6.07) is 11.2. The van der Waals surface area contributed by atoms with Crippen molar-refractivity contribution in [1.29, 1.82) is 0 Å². The number of piperidine rings is 1. The molecule has 36 heavy (non-hydrogen) atoms. The summed E-state index contributed by atoms with van der Waals surface area (Å²) >= 11 is 6.78. The second-order valence-electron chi connectivity index (χ2n) is 9.99. The van der Waals surface area contributed by atoms with Gasteiger partial charge in [0, 0.05) is 29.9 Å². The van der Waals surface area contributed by atoms with Crippen molar-refractivity contribution in [3.63, 3.8) is 0 Å². The molecule has 0 unspecified atom stereocenters. The monoisotopic (exact) mass is 499 g/mol. The predicted octanol–water partition coefficient (Wildman–Crippen LogP) is 5.92. The van der Waals surface area contributed by atoms with Crippen molar-refractivity contribution in [2.75, 3.05) is 7.05 Å². The van der Waals surface area contributed by atoms with Crippen LogP contribution in [0.25, 0.3) is 33.3 Å². The van der Waals surface area contributed by atoms with Gasteiger partial charge in [-0.25, -0.2) is 9.97 Å². The fourth-order valence-corrected chi connectivity index (χ4v) is 6.06. The molecule has 8 nitrogen and oxygen atoms in total. The van der Waals surface area contributed by atoms with Gasteiger partial charge >= 0.3 is 0 Å². The van der Waals surface area contributed by atoms with Crippen molar-refractivity contribution in [3.8, 4) is 22.8 Å². The maximum atomic E-state index is 6.78. The number of halogens is 1. The van der Waals surface area contributed by atoms with Crippen LogP contribution < -0.4 is 4.74 Å². The molecular weight excluding hydrogens is 474 g/mol. The van der Waals surface area contributed by atoms with Crippen LogP contribution in [0.2, 0.25) is 5.02 Å². The second-order valence-corrected chi connectivity index (χ2v) is 10.4. The fraction of sp³-hybridized carbons (Fsp3) is 0.333. The molecular formula is C27H26ClN7O. The first kappa shape index (κ1) is 21.8. The average molecular weight is 500 g/mol. The van der Waals surface area contributed by atoms with Crippen LogP contribution in [0.1, 0.15) is 37.5 Å². The number of hydrogen-bond acceptors (Lipinski definition) is 6. The number of nitrogens with one attached hydrogen (secondary N) is 1. The lowest BCUT2D eigenvalue weighted by Crippen LogP contribution is -2.40. The van der Waals surface area contributed by atoms with Crippen LogP contribution in [-0.4, -0.2) is 53.7 Å². The SMILES string of the molecule is Cc1nc2ccc(Oc3ccc4ncc(-c5cnn([C@@H]6C[C@H]7CC[C@@H](C6)N7C)c5)nc4c3Cl)cc2[nH]1. The smallest absolute Gasteiger partial charge is 0.148 e. The van der Waals surface area contributed by atoms with Crippen LogP contribution in [0.5, 0.6) is 11.5 Å². The molecule has 0 radical (unpaired) electrons. The molecule has 0 spiro atoms. The maximum Gasteiger partial charge on any atom is 0.148 e. The van der Waals surface area contributed by atoms with Gasteiger partial charge in [0.2, 0.25) is 0 Å². The Hall–Kier alpha value is -3.49. The number of rotatable bonds is 4. The molecule has 2 aromatic carbocycles. The van der Waals surface area contributed by atoms with E-state index in [0.29, 0.717) is 40.2 Å². The molecule has 7 rings (SSSR count). The summed E-state index contributed by atoms with van der Waals surface area (Å²) in [5, 5.41) is 5.14. The van der Waals surface area contributed by atoms with E-state index in [-0.39, 0.29) is 0 Å². The number of hydrogen-bond donors (Lipinski definition) is 1. The van der Waals surface area contributed by atoms with Crippen LogP contribution in [-0.2, 0) is 0 Å². The summed E-state index contributed by atoms with van der Waals surface area (Å²) in [7, 11) is 2.26. The normalized spacial score (nSPS) is 22.0. The van der Waals surface area contributed by atoms with Crippen LogP contribution >= 0.6 is 11.6 Å². The molecule has 0 saturated carbocycles. The Morgan fingerprint density at radius 3 is 2.64 bits per heavy atom. The maximum absolute atomic E-state index is 6.78. The number of H-pyrrole nitrogens is 1. The molecule has 2 saturated heterocycles. The molecule has 0 aliphatic carbocycles.